The van der Waals surface area contributed by atoms with Crippen molar-refractivity contribution in [3.63, 3.8) is 0 Å². The number of halogens is 2. The zero-order valence-electron chi connectivity index (χ0n) is 11.5. The van der Waals surface area contributed by atoms with Gasteiger partial charge < -0.3 is 15.8 Å². The lowest BCUT2D eigenvalue weighted by Gasteiger charge is -2.04. The molecule has 3 aromatic rings. The molecule has 3 rings (SSSR count). The summed E-state index contributed by atoms with van der Waals surface area (Å²) in [5.41, 5.74) is 6.36. The summed E-state index contributed by atoms with van der Waals surface area (Å²) < 4.78 is 14.1. The molecule has 0 fully saturated rings. The number of anilines is 1. The summed E-state index contributed by atoms with van der Waals surface area (Å²) in [6.45, 7) is 0. The minimum atomic E-state index is -1.20. The summed E-state index contributed by atoms with van der Waals surface area (Å²) in [7, 11) is 0. The van der Waals surface area contributed by atoms with Gasteiger partial charge >= 0.3 is 5.97 Å². The molecule has 6 nitrogen and oxygen atoms in total. The van der Waals surface area contributed by atoms with Crippen LogP contribution in [0.4, 0.5) is 10.3 Å². The zero-order valence-corrected chi connectivity index (χ0v) is 12.3. The molecule has 0 saturated heterocycles. The lowest BCUT2D eigenvalue weighted by atomic mass is 10.1. The van der Waals surface area contributed by atoms with Crippen molar-refractivity contribution in [1.82, 2.24) is 15.0 Å². The Hall–Kier alpha value is -2.93. The van der Waals surface area contributed by atoms with Crippen molar-refractivity contribution in [1.29, 1.82) is 0 Å². The van der Waals surface area contributed by atoms with E-state index in [0.717, 1.165) is 0 Å². The number of nitrogens with zero attached hydrogens (tertiary/aromatic N) is 2. The summed E-state index contributed by atoms with van der Waals surface area (Å²) in [5, 5.41) is 9.66. The highest BCUT2D eigenvalue weighted by molar-refractivity contribution is 6.30. The number of carboxylic acids is 1. The molecule has 116 valence electrons. The number of hydrogen-bond donors (Lipinski definition) is 3. The second-order valence-corrected chi connectivity index (χ2v) is 5.14. The Morgan fingerprint density at radius 3 is 2.78 bits per heavy atom. The van der Waals surface area contributed by atoms with Gasteiger partial charge in [0.05, 0.1) is 22.6 Å². The third-order valence-electron chi connectivity index (χ3n) is 3.20. The maximum atomic E-state index is 14.1. The van der Waals surface area contributed by atoms with Gasteiger partial charge in [0.15, 0.2) is 0 Å². The number of benzene rings is 1. The molecule has 0 bridgehead atoms. The van der Waals surface area contributed by atoms with E-state index in [9.17, 15) is 14.3 Å². The third-order valence-corrected chi connectivity index (χ3v) is 3.43. The molecular formula is C15H10ClFN4O2. The predicted molar refractivity (Wildman–Crippen MR) is 83.6 cm³/mol. The Labute approximate surface area is 134 Å². The molecule has 2 heterocycles. The van der Waals surface area contributed by atoms with Crippen molar-refractivity contribution in [3.05, 3.63) is 52.9 Å². The first-order valence-corrected chi connectivity index (χ1v) is 6.84. The zero-order chi connectivity index (χ0) is 16.6. The van der Waals surface area contributed by atoms with Crippen LogP contribution < -0.4 is 5.73 Å². The molecule has 4 N–H and O–H groups in total. The van der Waals surface area contributed by atoms with Crippen LogP contribution in [0, 0.1) is 5.82 Å². The lowest BCUT2D eigenvalue weighted by molar-refractivity contribution is 0.0698. The molecule has 0 radical (unpaired) electrons. The number of hydrogen-bond acceptors (Lipinski definition) is 4. The minimum Gasteiger partial charge on any atom is -0.478 e. The van der Waals surface area contributed by atoms with Gasteiger partial charge in [0, 0.05) is 16.8 Å². The Morgan fingerprint density at radius 1 is 1.30 bits per heavy atom. The molecule has 0 unspecified atom stereocenters. The number of rotatable bonds is 3. The largest absolute Gasteiger partial charge is 0.478 e. The van der Waals surface area contributed by atoms with Crippen LogP contribution in [0.3, 0.4) is 0 Å². The topological polar surface area (TPSA) is 105 Å². The fourth-order valence-corrected chi connectivity index (χ4v) is 2.36. The molecule has 0 saturated carbocycles. The molecule has 23 heavy (non-hydrogen) atoms. The van der Waals surface area contributed by atoms with Crippen LogP contribution in [0.5, 0.6) is 0 Å². The minimum absolute atomic E-state index is 0.0458. The highest BCUT2D eigenvalue weighted by atomic mass is 35.5. The maximum Gasteiger partial charge on any atom is 0.337 e. The first kappa shape index (κ1) is 15.0. The molecule has 8 heteroatoms. The van der Waals surface area contributed by atoms with Crippen molar-refractivity contribution >= 4 is 23.5 Å². The number of aromatic amines is 1. The van der Waals surface area contributed by atoms with Crippen molar-refractivity contribution < 1.29 is 14.3 Å². The summed E-state index contributed by atoms with van der Waals surface area (Å²) in [6.07, 6.45) is 1.44. The van der Waals surface area contributed by atoms with Crippen LogP contribution in [0.25, 0.3) is 22.6 Å². The van der Waals surface area contributed by atoms with Gasteiger partial charge in [-0.05, 0) is 30.3 Å². The number of carbonyl (C=O) groups is 1. The number of nitrogens with two attached hydrogens (primary N) is 1. The van der Waals surface area contributed by atoms with E-state index in [0.29, 0.717) is 16.4 Å². The van der Waals surface area contributed by atoms with Gasteiger partial charge in [-0.2, -0.15) is 0 Å². The first-order chi connectivity index (χ1) is 11.0. The van der Waals surface area contributed by atoms with Crippen LogP contribution in [-0.4, -0.2) is 26.0 Å². The predicted octanol–water partition coefficient (Wildman–Crippen LogP) is 3.21. The Kier molecular flexibility index (Phi) is 3.71. The molecule has 0 aliphatic carbocycles. The van der Waals surface area contributed by atoms with Gasteiger partial charge in [-0.25, -0.2) is 19.2 Å². The van der Waals surface area contributed by atoms with E-state index in [1.165, 1.54) is 30.5 Å². The second-order valence-electron chi connectivity index (χ2n) is 4.70. The summed E-state index contributed by atoms with van der Waals surface area (Å²) in [5.74, 6) is -1.75. The van der Waals surface area contributed by atoms with Crippen molar-refractivity contribution in [2.24, 2.45) is 0 Å². The number of nitrogens with one attached hydrogen (secondary N) is 1. The average Bonchev–Trinajstić information content (AvgIpc) is 2.95. The normalized spacial score (nSPS) is 10.7. The van der Waals surface area contributed by atoms with Gasteiger partial charge in [-0.1, -0.05) is 11.6 Å². The molecule has 2 aromatic heterocycles. The van der Waals surface area contributed by atoms with Gasteiger partial charge in [0.2, 0.25) is 5.95 Å². The standard InChI is InChI=1S/C15H10ClFN4O2/c16-7-1-2-10(17)8(5-7)13-9(14(22)23)6-12(20-13)11-3-4-19-15(18)21-11/h1-6,20H,(H,22,23)(H2,18,19,21). The fraction of sp³-hybridized carbons (Fsp3) is 0. The second kappa shape index (κ2) is 5.69. The van der Waals surface area contributed by atoms with Crippen molar-refractivity contribution in [2.75, 3.05) is 5.73 Å². The number of H-pyrrole nitrogens is 1. The average molecular weight is 333 g/mol. The SMILES string of the molecule is Nc1nccc(-c2cc(C(=O)O)c(-c3cc(Cl)ccc3F)[nH]2)n1. The number of nitrogen functional groups attached to an aromatic ring is 1. The van der Waals surface area contributed by atoms with E-state index < -0.39 is 11.8 Å². The van der Waals surface area contributed by atoms with Gasteiger partial charge in [-0.3, -0.25) is 0 Å². The van der Waals surface area contributed by atoms with E-state index in [1.807, 2.05) is 0 Å². The van der Waals surface area contributed by atoms with Crippen LogP contribution >= 0.6 is 11.6 Å². The quantitative estimate of drug-likeness (QED) is 0.683. The van der Waals surface area contributed by atoms with E-state index in [4.69, 9.17) is 17.3 Å². The Balaban J connectivity index is 2.21. The van der Waals surface area contributed by atoms with Crippen LogP contribution in [-0.2, 0) is 0 Å². The van der Waals surface area contributed by atoms with E-state index >= 15 is 0 Å². The molecule has 0 amide bonds. The van der Waals surface area contributed by atoms with Crippen molar-refractivity contribution in [3.8, 4) is 22.6 Å². The first-order valence-electron chi connectivity index (χ1n) is 6.46. The number of carboxylic acid groups (broad SMARTS) is 1. The third kappa shape index (κ3) is 2.86. The maximum absolute atomic E-state index is 14.1. The van der Waals surface area contributed by atoms with E-state index in [1.54, 1.807) is 6.07 Å². The van der Waals surface area contributed by atoms with Crippen LogP contribution in [0.15, 0.2) is 36.5 Å². The van der Waals surface area contributed by atoms with E-state index in [-0.39, 0.29) is 22.8 Å². The molecule has 1 aromatic carbocycles. The van der Waals surface area contributed by atoms with Gasteiger partial charge in [0.25, 0.3) is 0 Å². The number of aromatic carboxylic acids is 1. The molecule has 0 atom stereocenters. The van der Waals surface area contributed by atoms with E-state index in [2.05, 4.69) is 15.0 Å². The summed E-state index contributed by atoms with van der Waals surface area (Å²) >= 11 is 5.88. The van der Waals surface area contributed by atoms with Crippen molar-refractivity contribution in [2.45, 2.75) is 0 Å². The van der Waals surface area contributed by atoms with Crippen LogP contribution in [0.1, 0.15) is 10.4 Å². The molecule has 0 aliphatic rings. The van der Waals surface area contributed by atoms with Crippen LogP contribution in [0.2, 0.25) is 5.02 Å². The monoisotopic (exact) mass is 332 g/mol. The Bertz CT molecular complexity index is 910. The highest BCUT2D eigenvalue weighted by Gasteiger charge is 2.20. The van der Waals surface area contributed by atoms with Gasteiger partial charge in [-0.15, -0.1) is 0 Å². The smallest absolute Gasteiger partial charge is 0.337 e. The summed E-state index contributed by atoms with van der Waals surface area (Å²) in [6, 6.07) is 6.83. The molecule has 0 aliphatic heterocycles. The summed E-state index contributed by atoms with van der Waals surface area (Å²) in [4.78, 5) is 22.1. The lowest BCUT2D eigenvalue weighted by Crippen LogP contribution is -1.98. The highest BCUT2D eigenvalue weighted by Crippen LogP contribution is 2.31. The fourth-order valence-electron chi connectivity index (χ4n) is 2.19. The Morgan fingerprint density at radius 2 is 2.09 bits per heavy atom. The number of aromatic nitrogens is 3. The van der Waals surface area contributed by atoms with Gasteiger partial charge in [0.1, 0.15) is 5.82 Å². The molecular weight excluding hydrogens is 323 g/mol. The molecule has 0 spiro atoms.